The number of amides is 1. The van der Waals surface area contributed by atoms with Gasteiger partial charge in [-0.2, -0.15) is 0 Å². The molecular formula is C14H22N2O4. The van der Waals surface area contributed by atoms with Crippen LogP contribution in [-0.2, 0) is 14.3 Å². The van der Waals surface area contributed by atoms with Gasteiger partial charge in [-0.25, -0.2) is 9.59 Å². The van der Waals surface area contributed by atoms with Gasteiger partial charge in [-0.05, 0) is 27.7 Å². The van der Waals surface area contributed by atoms with Crippen LogP contribution in [0.15, 0.2) is 4.99 Å². The molecule has 0 N–H and O–H groups in total. The molecular weight excluding hydrogens is 260 g/mol. The summed E-state index contributed by atoms with van der Waals surface area (Å²) in [4.78, 5) is 29.7. The van der Waals surface area contributed by atoms with Crippen LogP contribution in [0.1, 0.15) is 34.1 Å². The Morgan fingerprint density at radius 2 is 2.05 bits per heavy atom. The fraction of sp³-hybridized carbons (Fsp3) is 0.786. The lowest BCUT2D eigenvalue weighted by Gasteiger charge is -2.24. The number of hydrogen-bond donors (Lipinski definition) is 0. The van der Waals surface area contributed by atoms with Crippen LogP contribution >= 0.6 is 0 Å². The van der Waals surface area contributed by atoms with Gasteiger partial charge in [0.25, 0.3) is 0 Å². The van der Waals surface area contributed by atoms with Gasteiger partial charge >= 0.3 is 12.1 Å². The largest absolute Gasteiger partial charge is 0.462 e. The van der Waals surface area contributed by atoms with Crippen LogP contribution in [0.2, 0.25) is 0 Å². The first-order valence-electron chi connectivity index (χ1n) is 7.02. The molecule has 2 aliphatic heterocycles. The number of ether oxygens (including phenoxy) is 2. The first kappa shape index (κ1) is 14.8. The van der Waals surface area contributed by atoms with E-state index in [9.17, 15) is 9.59 Å². The van der Waals surface area contributed by atoms with Crippen molar-refractivity contribution in [3.05, 3.63) is 0 Å². The van der Waals surface area contributed by atoms with Gasteiger partial charge in [0.15, 0.2) is 0 Å². The van der Waals surface area contributed by atoms with Gasteiger partial charge in [0.05, 0.1) is 12.6 Å². The monoisotopic (exact) mass is 282 g/mol. The summed E-state index contributed by atoms with van der Waals surface area (Å²) in [6.45, 7) is 8.78. The Bertz CT molecular complexity index is 439. The minimum atomic E-state index is -0.492. The summed E-state index contributed by atoms with van der Waals surface area (Å²) in [6.07, 6.45) is 0.280. The Balaban J connectivity index is 1.92. The number of nitrogens with zero attached hydrogens (tertiary/aromatic N) is 2. The van der Waals surface area contributed by atoms with E-state index in [1.54, 1.807) is 11.8 Å². The van der Waals surface area contributed by atoms with Gasteiger partial charge in [-0.15, -0.1) is 0 Å². The maximum absolute atomic E-state index is 12.0. The van der Waals surface area contributed by atoms with E-state index in [1.165, 1.54) is 0 Å². The van der Waals surface area contributed by atoms with E-state index in [4.69, 9.17) is 9.47 Å². The van der Waals surface area contributed by atoms with E-state index in [-0.39, 0.29) is 24.0 Å². The molecule has 0 saturated carbocycles. The SMILES string of the molecule is CCOC(=O)C1=NC2CN(C(=O)OC(C)(C)C)CC2C1. The molecule has 0 spiro atoms. The topological polar surface area (TPSA) is 68.2 Å². The molecule has 1 saturated heterocycles. The van der Waals surface area contributed by atoms with Crippen molar-refractivity contribution >= 4 is 17.8 Å². The summed E-state index contributed by atoms with van der Waals surface area (Å²) < 4.78 is 10.3. The Morgan fingerprint density at radius 1 is 1.35 bits per heavy atom. The predicted octanol–water partition coefficient (Wildman–Crippen LogP) is 1.63. The van der Waals surface area contributed by atoms with Gasteiger partial charge in [-0.1, -0.05) is 0 Å². The summed E-state index contributed by atoms with van der Waals surface area (Å²) in [5.74, 6) is -0.118. The molecule has 2 aliphatic rings. The molecule has 1 fully saturated rings. The second-order valence-corrected chi connectivity index (χ2v) is 6.21. The molecule has 0 aromatic rings. The highest BCUT2D eigenvalue weighted by Gasteiger charge is 2.42. The fourth-order valence-electron chi connectivity index (χ4n) is 2.53. The molecule has 2 atom stereocenters. The van der Waals surface area contributed by atoms with Crippen LogP contribution in [0.25, 0.3) is 0 Å². The van der Waals surface area contributed by atoms with Crippen LogP contribution in [0.3, 0.4) is 0 Å². The van der Waals surface area contributed by atoms with Gasteiger partial charge in [0.1, 0.15) is 11.3 Å². The molecule has 2 rings (SSSR count). The molecule has 0 aromatic heterocycles. The highest BCUT2D eigenvalue weighted by atomic mass is 16.6. The van der Waals surface area contributed by atoms with Crippen molar-refractivity contribution in [2.24, 2.45) is 10.9 Å². The Labute approximate surface area is 119 Å². The number of hydrogen-bond acceptors (Lipinski definition) is 5. The lowest BCUT2D eigenvalue weighted by Crippen LogP contribution is -2.36. The predicted molar refractivity (Wildman–Crippen MR) is 73.8 cm³/mol. The average molecular weight is 282 g/mol. The number of aliphatic imine (C=N–C) groups is 1. The zero-order valence-corrected chi connectivity index (χ0v) is 12.5. The van der Waals surface area contributed by atoms with Crippen molar-refractivity contribution < 1.29 is 19.1 Å². The van der Waals surface area contributed by atoms with Gasteiger partial charge in [-0.3, -0.25) is 4.99 Å². The minimum absolute atomic E-state index is 0.00178. The van der Waals surface area contributed by atoms with Gasteiger partial charge < -0.3 is 14.4 Å². The summed E-state index contributed by atoms with van der Waals surface area (Å²) in [5.41, 5.74) is 0.0133. The summed E-state index contributed by atoms with van der Waals surface area (Å²) in [5, 5.41) is 0. The van der Waals surface area contributed by atoms with Gasteiger partial charge in [0.2, 0.25) is 0 Å². The molecule has 20 heavy (non-hydrogen) atoms. The molecule has 6 heteroatoms. The maximum Gasteiger partial charge on any atom is 0.410 e. The molecule has 2 unspecified atom stereocenters. The fourth-order valence-corrected chi connectivity index (χ4v) is 2.53. The van der Waals surface area contributed by atoms with E-state index in [0.717, 1.165) is 0 Å². The molecule has 0 aliphatic carbocycles. The Hall–Kier alpha value is -1.59. The maximum atomic E-state index is 12.0. The highest BCUT2D eigenvalue weighted by molar-refractivity contribution is 6.37. The van der Waals surface area contributed by atoms with Crippen LogP contribution in [0, 0.1) is 5.92 Å². The van der Waals surface area contributed by atoms with Crippen molar-refractivity contribution in [3.63, 3.8) is 0 Å². The van der Waals surface area contributed by atoms with E-state index in [2.05, 4.69) is 4.99 Å². The number of likely N-dealkylation sites (tertiary alicyclic amines) is 1. The van der Waals surface area contributed by atoms with Crippen LogP contribution in [0.5, 0.6) is 0 Å². The second kappa shape index (κ2) is 5.42. The molecule has 0 radical (unpaired) electrons. The number of esters is 1. The molecule has 2 heterocycles. The van der Waals surface area contributed by atoms with Crippen LogP contribution in [0.4, 0.5) is 4.79 Å². The lowest BCUT2D eigenvalue weighted by molar-refractivity contribution is -0.135. The molecule has 0 bridgehead atoms. The molecule has 6 nitrogen and oxygen atoms in total. The van der Waals surface area contributed by atoms with E-state index < -0.39 is 5.60 Å². The standard InChI is InChI=1S/C14H22N2O4/c1-5-19-12(17)10-6-9-7-16(8-11(9)15-10)13(18)20-14(2,3)4/h9,11H,5-8H2,1-4H3. The van der Waals surface area contributed by atoms with E-state index in [0.29, 0.717) is 31.8 Å². The molecule has 1 amide bonds. The smallest absolute Gasteiger partial charge is 0.410 e. The number of rotatable bonds is 2. The normalized spacial score (nSPS) is 25.2. The number of fused-ring (bicyclic) bond motifs is 1. The quantitative estimate of drug-likeness (QED) is 0.722. The first-order valence-corrected chi connectivity index (χ1v) is 7.02. The lowest BCUT2D eigenvalue weighted by atomic mass is 10.0. The zero-order chi connectivity index (χ0) is 14.9. The average Bonchev–Trinajstić information content (AvgIpc) is 2.83. The second-order valence-electron chi connectivity index (χ2n) is 6.21. The number of carbonyl (C=O) groups is 2. The Morgan fingerprint density at radius 3 is 2.60 bits per heavy atom. The van der Waals surface area contributed by atoms with Crippen LogP contribution in [-0.4, -0.2) is 54.0 Å². The molecule has 0 aromatic carbocycles. The number of carbonyl (C=O) groups excluding carboxylic acids is 2. The third-order valence-electron chi connectivity index (χ3n) is 3.35. The summed E-state index contributed by atoms with van der Waals surface area (Å²) in [7, 11) is 0. The minimum Gasteiger partial charge on any atom is -0.462 e. The highest BCUT2D eigenvalue weighted by Crippen LogP contribution is 2.30. The third kappa shape index (κ3) is 3.29. The van der Waals surface area contributed by atoms with E-state index in [1.807, 2.05) is 20.8 Å². The van der Waals surface area contributed by atoms with Crippen molar-refractivity contribution in [3.8, 4) is 0 Å². The van der Waals surface area contributed by atoms with Gasteiger partial charge in [0, 0.05) is 25.4 Å². The van der Waals surface area contributed by atoms with Crippen molar-refractivity contribution in [2.45, 2.75) is 45.8 Å². The summed E-state index contributed by atoms with van der Waals surface area (Å²) >= 11 is 0. The van der Waals surface area contributed by atoms with E-state index >= 15 is 0 Å². The van der Waals surface area contributed by atoms with Crippen molar-refractivity contribution in [1.29, 1.82) is 0 Å². The van der Waals surface area contributed by atoms with Crippen molar-refractivity contribution in [1.82, 2.24) is 4.90 Å². The Kier molecular flexibility index (Phi) is 4.01. The van der Waals surface area contributed by atoms with Crippen LogP contribution < -0.4 is 0 Å². The third-order valence-corrected chi connectivity index (χ3v) is 3.35. The van der Waals surface area contributed by atoms with Crippen molar-refractivity contribution in [2.75, 3.05) is 19.7 Å². The first-order chi connectivity index (χ1) is 9.30. The summed E-state index contributed by atoms with van der Waals surface area (Å²) in [6, 6.07) is 0.00178. The molecule has 112 valence electrons. The zero-order valence-electron chi connectivity index (χ0n) is 12.5.